The van der Waals surface area contributed by atoms with E-state index in [9.17, 15) is 14.0 Å². The summed E-state index contributed by atoms with van der Waals surface area (Å²) in [6, 6.07) is 4.07. The molecule has 3 rings (SSSR count). The van der Waals surface area contributed by atoms with Crippen molar-refractivity contribution in [2.45, 2.75) is 53.0 Å². The van der Waals surface area contributed by atoms with Gasteiger partial charge in [-0.2, -0.15) is 5.10 Å². The van der Waals surface area contributed by atoms with E-state index in [0.29, 0.717) is 50.3 Å². The van der Waals surface area contributed by atoms with Gasteiger partial charge in [-0.15, -0.1) is 0 Å². The minimum atomic E-state index is -0.542. The average Bonchev–Trinajstić information content (AvgIpc) is 3.10. The summed E-state index contributed by atoms with van der Waals surface area (Å²) < 4.78 is 26.5. The van der Waals surface area contributed by atoms with Crippen LogP contribution in [0.5, 0.6) is 0 Å². The number of nitrogens with zero attached hydrogens (tertiary/aromatic N) is 2. The van der Waals surface area contributed by atoms with Crippen LogP contribution in [0.4, 0.5) is 4.39 Å². The fourth-order valence-corrected chi connectivity index (χ4v) is 3.83. The summed E-state index contributed by atoms with van der Waals surface area (Å²) in [5.41, 5.74) is 3.23. The molecular weight excluding hydrogens is 413 g/mol. The van der Waals surface area contributed by atoms with Gasteiger partial charge in [-0.25, -0.2) is 9.18 Å². The number of hydrogen-bond acceptors (Lipinski definition) is 5. The normalized spacial score (nSPS) is 15.9. The van der Waals surface area contributed by atoms with Crippen LogP contribution in [-0.4, -0.2) is 48.0 Å². The smallest absolute Gasteiger partial charge is 0.338 e. The largest absolute Gasteiger partial charge is 0.462 e. The fraction of sp³-hybridized carbons (Fsp3) is 0.542. The van der Waals surface area contributed by atoms with E-state index in [2.05, 4.69) is 5.32 Å². The van der Waals surface area contributed by atoms with Gasteiger partial charge in [-0.05, 0) is 50.3 Å². The fourth-order valence-electron chi connectivity index (χ4n) is 3.83. The molecule has 0 aliphatic carbocycles. The van der Waals surface area contributed by atoms with E-state index in [1.165, 1.54) is 12.1 Å². The van der Waals surface area contributed by atoms with Crippen molar-refractivity contribution in [3.05, 3.63) is 52.1 Å². The first-order valence-electron chi connectivity index (χ1n) is 11.3. The molecule has 7 nitrogen and oxygen atoms in total. The molecule has 1 N–H and O–H groups in total. The number of aromatic nitrogens is 2. The van der Waals surface area contributed by atoms with Crippen molar-refractivity contribution in [2.24, 2.45) is 5.92 Å². The molecule has 1 aliphatic heterocycles. The zero-order chi connectivity index (χ0) is 23.1. The van der Waals surface area contributed by atoms with Crippen molar-refractivity contribution in [3.8, 4) is 0 Å². The van der Waals surface area contributed by atoms with Gasteiger partial charge in [0.1, 0.15) is 5.82 Å². The van der Waals surface area contributed by atoms with Crippen molar-refractivity contribution in [3.63, 3.8) is 0 Å². The Bertz CT molecular complexity index is 957. The van der Waals surface area contributed by atoms with Crippen molar-refractivity contribution < 1.29 is 23.5 Å². The number of esters is 1. The molecule has 0 radical (unpaired) electrons. The lowest BCUT2D eigenvalue weighted by Crippen LogP contribution is -2.27. The Labute approximate surface area is 188 Å². The Hall–Kier alpha value is -2.74. The van der Waals surface area contributed by atoms with Crippen LogP contribution < -0.4 is 5.32 Å². The minimum absolute atomic E-state index is 0.0426. The van der Waals surface area contributed by atoms with Crippen LogP contribution in [0.25, 0.3) is 0 Å². The number of rotatable bonds is 6. The first kappa shape index (κ1) is 23.9. The molecule has 1 aromatic heterocycles. The first-order valence-corrected chi connectivity index (χ1v) is 11.3. The van der Waals surface area contributed by atoms with E-state index in [0.717, 1.165) is 24.2 Å². The highest BCUT2D eigenvalue weighted by Crippen LogP contribution is 2.20. The number of aryl methyl sites for hydroxylation is 2. The molecule has 1 aliphatic rings. The van der Waals surface area contributed by atoms with Gasteiger partial charge in [-0.3, -0.25) is 9.48 Å². The highest BCUT2D eigenvalue weighted by molar-refractivity contribution is 5.96. The summed E-state index contributed by atoms with van der Waals surface area (Å²) in [7, 11) is 0. The second-order valence-corrected chi connectivity index (χ2v) is 8.29. The number of hydrogen-bond donors (Lipinski definition) is 1. The number of fused-ring (bicyclic) bond motifs is 1. The maximum Gasteiger partial charge on any atom is 0.338 e. The third-order valence-corrected chi connectivity index (χ3v) is 5.55. The Morgan fingerprint density at radius 3 is 2.91 bits per heavy atom. The Balaban J connectivity index is 1.72. The quantitative estimate of drug-likeness (QED) is 0.689. The van der Waals surface area contributed by atoms with Crippen LogP contribution in [0, 0.1) is 18.7 Å². The van der Waals surface area contributed by atoms with Gasteiger partial charge in [0.15, 0.2) is 0 Å². The minimum Gasteiger partial charge on any atom is -0.462 e. The molecule has 2 heterocycles. The highest BCUT2D eigenvalue weighted by Gasteiger charge is 2.24. The molecule has 0 bridgehead atoms. The number of ether oxygens (including phenoxy) is 2. The lowest BCUT2D eigenvalue weighted by molar-refractivity contribution is 0.0434. The number of amides is 1. The summed E-state index contributed by atoms with van der Waals surface area (Å²) >= 11 is 0. The SMILES string of the molecule is CCc1nn(C[C@@H](C)COC(=O)c2cc(F)ccc2C)c2c1C(=O)NCCCOCCC2. The molecule has 0 fully saturated rings. The Kier molecular flexibility index (Phi) is 8.39. The molecule has 174 valence electrons. The van der Waals surface area contributed by atoms with Crippen LogP contribution in [0.2, 0.25) is 0 Å². The van der Waals surface area contributed by atoms with E-state index < -0.39 is 11.8 Å². The number of carbonyl (C=O) groups excluding carboxylic acids is 2. The van der Waals surface area contributed by atoms with E-state index in [1.807, 2.05) is 18.5 Å². The molecular formula is C24H32FN3O4. The monoisotopic (exact) mass is 445 g/mol. The number of carbonyl (C=O) groups is 2. The summed E-state index contributed by atoms with van der Waals surface area (Å²) in [5.74, 6) is -1.15. The zero-order valence-corrected chi connectivity index (χ0v) is 19.1. The maximum absolute atomic E-state index is 13.5. The van der Waals surface area contributed by atoms with Gasteiger partial charge in [0.05, 0.1) is 29.1 Å². The molecule has 8 heteroatoms. The van der Waals surface area contributed by atoms with Crippen LogP contribution in [0.1, 0.15) is 64.4 Å². The van der Waals surface area contributed by atoms with E-state index >= 15 is 0 Å². The van der Waals surface area contributed by atoms with Crippen LogP contribution >= 0.6 is 0 Å². The summed E-state index contributed by atoms with van der Waals surface area (Å²) in [5, 5.41) is 7.68. The molecule has 32 heavy (non-hydrogen) atoms. The number of halogens is 1. The van der Waals surface area contributed by atoms with Gasteiger partial charge >= 0.3 is 5.97 Å². The van der Waals surface area contributed by atoms with Crippen molar-refractivity contribution >= 4 is 11.9 Å². The maximum atomic E-state index is 13.5. The Morgan fingerprint density at radius 1 is 1.34 bits per heavy atom. The first-order chi connectivity index (χ1) is 15.4. The van der Waals surface area contributed by atoms with Crippen molar-refractivity contribution in [1.29, 1.82) is 0 Å². The summed E-state index contributed by atoms with van der Waals surface area (Å²) in [6.07, 6.45) is 2.92. The average molecular weight is 446 g/mol. The molecule has 0 unspecified atom stereocenters. The van der Waals surface area contributed by atoms with E-state index in [1.54, 1.807) is 13.0 Å². The van der Waals surface area contributed by atoms with Crippen LogP contribution in [-0.2, 0) is 28.9 Å². The molecule has 0 saturated carbocycles. The zero-order valence-electron chi connectivity index (χ0n) is 19.1. The predicted molar refractivity (Wildman–Crippen MR) is 118 cm³/mol. The van der Waals surface area contributed by atoms with E-state index in [-0.39, 0.29) is 24.0 Å². The third-order valence-electron chi connectivity index (χ3n) is 5.55. The van der Waals surface area contributed by atoms with Gasteiger partial charge < -0.3 is 14.8 Å². The molecule has 1 amide bonds. The van der Waals surface area contributed by atoms with Crippen LogP contribution in [0.3, 0.4) is 0 Å². The summed E-state index contributed by atoms with van der Waals surface area (Å²) in [6.45, 7) is 8.21. The van der Waals surface area contributed by atoms with Gasteiger partial charge in [0.2, 0.25) is 0 Å². The highest BCUT2D eigenvalue weighted by atomic mass is 19.1. The van der Waals surface area contributed by atoms with Crippen molar-refractivity contribution in [2.75, 3.05) is 26.4 Å². The van der Waals surface area contributed by atoms with Gasteiger partial charge in [0, 0.05) is 32.2 Å². The molecule has 0 saturated heterocycles. The topological polar surface area (TPSA) is 82.5 Å². The third kappa shape index (κ3) is 5.94. The predicted octanol–water partition coefficient (Wildman–Crippen LogP) is 3.47. The summed E-state index contributed by atoms with van der Waals surface area (Å²) in [4.78, 5) is 25.2. The van der Waals surface area contributed by atoms with Crippen molar-refractivity contribution in [1.82, 2.24) is 15.1 Å². The van der Waals surface area contributed by atoms with E-state index in [4.69, 9.17) is 14.6 Å². The number of benzene rings is 1. The lowest BCUT2D eigenvalue weighted by Gasteiger charge is -2.15. The van der Waals surface area contributed by atoms with Gasteiger partial charge in [0.25, 0.3) is 5.91 Å². The molecule has 2 aromatic rings. The second-order valence-electron chi connectivity index (χ2n) is 8.29. The number of nitrogens with one attached hydrogen (secondary N) is 1. The molecule has 1 atom stereocenters. The second kappa shape index (κ2) is 11.2. The lowest BCUT2D eigenvalue weighted by atomic mass is 10.1. The standard InChI is InChI=1S/C24H32FN3O4/c1-4-20-22-21(7-5-11-31-12-6-10-26-23(22)29)28(27-20)14-16(2)15-32-24(30)19-13-18(25)9-8-17(19)3/h8-9,13,16H,4-7,10-12,14-15H2,1-3H3,(H,26,29)/t16-/m1/s1. The Morgan fingerprint density at radius 2 is 2.12 bits per heavy atom. The van der Waals surface area contributed by atoms with Gasteiger partial charge in [-0.1, -0.05) is 19.9 Å². The molecule has 0 spiro atoms. The van der Waals surface area contributed by atoms with Crippen LogP contribution in [0.15, 0.2) is 18.2 Å². The molecule has 1 aromatic carbocycles.